The summed E-state index contributed by atoms with van der Waals surface area (Å²) in [4.78, 5) is 1.21. The maximum atomic E-state index is 5.75. The minimum Gasteiger partial charge on any atom is -0.326 e. The molecule has 2 aromatic rings. The molecule has 17 heavy (non-hydrogen) atoms. The van der Waals surface area contributed by atoms with Crippen LogP contribution in [0, 0.1) is 6.92 Å². The number of nitrogens with zero attached hydrogens (tertiary/aromatic N) is 2. The van der Waals surface area contributed by atoms with Gasteiger partial charge in [0.1, 0.15) is 0 Å². The lowest BCUT2D eigenvalue weighted by Gasteiger charge is -2.08. The second-order valence-electron chi connectivity index (χ2n) is 3.41. The fraction of sp³-hybridized carbons (Fsp3) is 0.273. The first-order chi connectivity index (χ1) is 8.24. The van der Waals surface area contributed by atoms with Gasteiger partial charge in [0.05, 0.1) is 0 Å². The predicted molar refractivity (Wildman–Crippen MR) is 74.9 cm³/mol. The molecule has 0 saturated carbocycles. The van der Waals surface area contributed by atoms with Crippen LogP contribution in [0.5, 0.6) is 0 Å². The van der Waals surface area contributed by atoms with Crippen LogP contribution in [0.1, 0.15) is 11.1 Å². The quantitative estimate of drug-likeness (QED) is 0.873. The molecule has 0 aliphatic heterocycles. The van der Waals surface area contributed by atoms with Gasteiger partial charge in [-0.3, -0.25) is 0 Å². The second kappa shape index (κ2) is 5.86. The summed E-state index contributed by atoms with van der Waals surface area (Å²) in [6.07, 6.45) is 2.01. The van der Waals surface area contributed by atoms with Crippen LogP contribution in [0.15, 0.2) is 31.8 Å². The van der Waals surface area contributed by atoms with E-state index in [1.54, 1.807) is 34.9 Å². The highest BCUT2D eigenvalue weighted by Crippen LogP contribution is 2.36. The lowest BCUT2D eigenvalue weighted by atomic mass is 10.1. The van der Waals surface area contributed by atoms with Gasteiger partial charge in [-0.25, -0.2) is 0 Å². The van der Waals surface area contributed by atoms with Gasteiger partial charge in [-0.15, -0.1) is 10.2 Å². The van der Waals surface area contributed by atoms with Crippen molar-refractivity contribution in [2.24, 2.45) is 5.73 Å². The molecular formula is C11H13N3S3. The van der Waals surface area contributed by atoms with Gasteiger partial charge >= 0.3 is 0 Å². The van der Waals surface area contributed by atoms with Gasteiger partial charge in [-0.2, -0.15) is 0 Å². The zero-order valence-corrected chi connectivity index (χ0v) is 12.1. The lowest BCUT2D eigenvalue weighted by molar-refractivity contribution is 0.952. The molecule has 0 unspecified atom stereocenters. The van der Waals surface area contributed by atoms with Crippen LogP contribution in [-0.4, -0.2) is 16.5 Å². The molecule has 1 heterocycles. The summed E-state index contributed by atoms with van der Waals surface area (Å²) in [6, 6.07) is 6.19. The Bertz CT molecular complexity index is 510. The van der Waals surface area contributed by atoms with Crippen molar-refractivity contribution in [1.82, 2.24) is 10.2 Å². The van der Waals surface area contributed by atoms with Gasteiger partial charge in [-0.1, -0.05) is 53.1 Å². The van der Waals surface area contributed by atoms with Crippen LogP contribution < -0.4 is 5.73 Å². The SMILES string of the molecule is CSc1nnc(Sc2c(C)cccc2CN)s1. The van der Waals surface area contributed by atoms with Crippen molar-refractivity contribution in [2.75, 3.05) is 6.26 Å². The molecule has 0 bridgehead atoms. The molecule has 0 fully saturated rings. The summed E-state index contributed by atoms with van der Waals surface area (Å²) in [6.45, 7) is 2.65. The van der Waals surface area contributed by atoms with Gasteiger partial charge in [0.2, 0.25) is 0 Å². The number of benzene rings is 1. The molecule has 3 nitrogen and oxygen atoms in total. The van der Waals surface area contributed by atoms with Gasteiger partial charge in [0, 0.05) is 11.4 Å². The average Bonchev–Trinajstić information content (AvgIpc) is 2.79. The first-order valence-corrected chi connectivity index (χ1v) is 7.94. The lowest BCUT2D eigenvalue weighted by Crippen LogP contribution is -1.99. The van der Waals surface area contributed by atoms with Crippen molar-refractivity contribution in [2.45, 2.75) is 27.0 Å². The van der Waals surface area contributed by atoms with E-state index in [9.17, 15) is 0 Å². The summed E-state index contributed by atoms with van der Waals surface area (Å²) >= 11 is 4.89. The molecule has 0 spiro atoms. The van der Waals surface area contributed by atoms with E-state index >= 15 is 0 Å². The Labute approximate surface area is 113 Å². The summed E-state index contributed by atoms with van der Waals surface area (Å²) in [5.74, 6) is 0. The van der Waals surface area contributed by atoms with Crippen LogP contribution in [0.25, 0.3) is 0 Å². The molecule has 1 aromatic heterocycles. The molecule has 6 heteroatoms. The van der Waals surface area contributed by atoms with Crippen molar-refractivity contribution >= 4 is 34.9 Å². The maximum Gasteiger partial charge on any atom is 0.179 e. The maximum absolute atomic E-state index is 5.75. The largest absolute Gasteiger partial charge is 0.326 e. The molecule has 0 amide bonds. The number of hydrogen-bond acceptors (Lipinski definition) is 6. The Hall–Kier alpha value is -0.560. The van der Waals surface area contributed by atoms with Crippen molar-refractivity contribution in [3.63, 3.8) is 0 Å². The first kappa shape index (κ1) is 12.9. The van der Waals surface area contributed by atoms with E-state index in [1.807, 2.05) is 12.3 Å². The van der Waals surface area contributed by atoms with E-state index < -0.39 is 0 Å². The van der Waals surface area contributed by atoms with Crippen LogP contribution in [0.4, 0.5) is 0 Å². The molecular weight excluding hydrogens is 270 g/mol. The second-order valence-corrected chi connectivity index (χ2v) is 6.70. The monoisotopic (exact) mass is 283 g/mol. The first-order valence-electron chi connectivity index (χ1n) is 5.08. The van der Waals surface area contributed by atoms with E-state index in [1.165, 1.54) is 10.5 Å². The Balaban J connectivity index is 2.28. The van der Waals surface area contributed by atoms with Crippen molar-refractivity contribution in [3.8, 4) is 0 Å². The number of aromatic nitrogens is 2. The standard InChI is InChI=1S/C11H13N3S3/c1-7-4-3-5-8(6-12)9(7)16-11-14-13-10(15-2)17-11/h3-5H,6,12H2,1-2H3. The molecule has 0 aliphatic rings. The zero-order valence-electron chi connectivity index (χ0n) is 9.64. The summed E-state index contributed by atoms with van der Waals surface area (Å²) in [7, 11) is 0. The number of thioether (sulfide) groups is 1. The van der Waals surface area contributed by atoms with Gasteiger partial charge in [0.25, 0.3) is 0 Å². The van der Waals surface area contributed by atoms with E-state index in [0.29, 0.717) is 6.54 Å². The zero-order chi connectivity index (χ0) is 12.3. The molecule has 0 radical (unpaired) electrons. The van der Waals surface area contributed by atoms with Crippen LogP contribution in [-0.2, 0) is 6.54 Å². The van der Waals surface area contributed by atoms with E-state index in [4.69, 9.17) is 5.73 Å². The molecule has 90 valence electrons. The Morgan fingerprint density at radius 2 is 2.06 bits per heavy atom. The highest BCUT2D eigenvalue weighted by molar-refractivity contribution is 8.03. The molecule has 0 atom stereocenters. The fourth-order valence-corrected chi connectivity index (χ4v) is 4.01. The van der Waals surface area contributed by atoms with Crippen LogP contribution in [0.3, 0.4) is 0 Å². The Morgan fingerprint density at radius 3 is 2.71 bits per heavy atom. The third-order valence-corrected chi connectivity index (χ3v) is 5.50. The minimum atomic E-state index is 0.554. The molecule has 0 aliphatic carbocycles. The van der Waals surface area contributed by atoms with Crippen molar-refractivity contribution in [1.29, 1.82) is 0 Å². The van der Waals surface area contributed by atoms with E-state index in [2.05, 4.69) is 29.3 Å². The molecule has 0 saturated heterocycles. The normalized spacial score (nSPS) is 10.8. The van der Waals surface area contributed by atoms with Gasteiger partial charge in [-0.05, 0) is 24.3 Å². The van der Waals surface area contributed by atoms with E-state index in [0.717, 1.165) is 14.2 Å². The van der Waals surface area contributed by atoms with Crippen LogP contribution in [0.2, 0.25) is 0 Å². The molecule has 1 aromatic carbocycles. The minimum absolute atomic E-state index is 0.554. The highest BCUT2D eigenvalue weighted by atomic mass is 32.2. The van der Waals surface area contributed by atoms with E-state index in [-0.39, 0.29) is 0 Å². The smallest absolute Gasteiger partial charge is 0.179 e. The summed E-state index contributed by atoms with van der Waals surface area (Å²) < 4.78 is 1.97. The van der Waals surface area contributed by atoms with Crippen molar-refractivity contribution < 1.29 is 0 Å². The predicted octanol–water partition coefficient (Wildman–Crippen LogP) is 3.18. The highest BCUT2D eigenvalue weighted by Gasteiger charge is 2.10. The van der Waals surface area contributed by atoms with Crippen molar-refractivity contribution in [3.05, 3.63) is 29.3 Å². The number of rotatable bonds is 4. The van der Waals surface area contributed by atoms with Gasteiger partial charge < -0.3 is 5.73 Å². The topological polar surface area (TPSA) is 51.8 Å². The van der Waals surface area contributed by atoms with Gasteiger partial charge in [0.15, 0.2) is 8.68 Å². The molecule has 2 rings (SSSR count). The summed E-state index contributed by atoms with van der Waals surface area (Å²) in [5, 5.41) is 8.26. The Morgan fingerprint density at radius 1 is 1.29 bits per heavy atom. The third kappa shape index (κ3) is 3.01. The molecule has 2 N–H and O–H groups in total. The van der Waals surface area contributed by atoms with Crippen LogP contribution >= 0.6 is 34.9 Å². The third-order valence-electron chi connectivity index (χ3n) is 2.27. The number of nitrogens with two attached hydrogens (primary N) is 1. The fourth-order valence-electron chi connectivity index (χ4n) is 1.43. The summed E-state index contributed by atoms with van der Waals surface area (Å²) in [5.41, 5.74) is 8.15. The average molecular weight is 283 g/mol. The number of aryl methyl sites for hydroxylation is 1. The Kier molecular flexibility index (Phi) is 4.44. The number of hydrogen-bond donors (Lipinski definition) is 1.